The van der Waals surface area contributed by atoms with Crippen LogP contribution in [0.1, 0.15) is 31.2 Å². The standard InChI is InChI=1S/C9H13O.C5H7.Fe/c10-8-4-3-7-9-5-1-2-6-9;1-2-4-5-3-1;/h1-2,5-6,10H,3-4,7-8H2;1-3H,4-5H2;/q2*-1;+2. The Morgan fingerprint density at radius 3 is 2.62 bits per heavy atom. The predicted molar refractivity (Wildman–Crippen MR) is 64.7 cm³/mol. The summed E-state index contributed by atoms with van der Waals surface area (Å²) >= 11 is 0. The molecule has 16 heavy (non-hydrogen) atoms. The minimum Gasteiger partial charge on any atom is -0.396 e. The number of unbranched alkanes of at least 4 members (excludes halogenated alkanes) is 1. The van der Waals surface area contributed by atoms with Crippen LogP contribution in [0.3, 0.4) is 0 Å². The first-order chi connectivity index (χ1) is 7.43. The Kier molecular flexibility index (Phi) is 10.6. The van der Waals surface area contributed by atoms with Gasteiger partial charge in [-0.25, -0.2) is 30.7 Å². The molecule has 0 amide bonds. The first kappa shape index (κ1) is 15.4. The van der Waals surface area contributed by atoms with Crippen LogP contribution in [0.2, 0.25) is 0 Å². The molecule has 0 saturated heterocycles. The van der Waals surface area contributed by atoms with Gasteiger partial charge in [0.25, 0.3) is 0 Å². The third-order valence-corrected chi connectivity index (χ3v) is 2.38. The van der Waals surface area contributed by atoms with E-state index < -0.39 is 0 Å². The Bertz CT molecular complexity index is 246. The Morgan fingerprint density at radius 1 is 1.31 bits per heavy atom. The Labute approximate surface area is 109 Å². The average molecular weight is 260 g/mol. The van der Waals surface area contributed by atoms with Crippen molar-refractivity contribution in [3.8, 4) is 0 Å². The smallest absolute Gasteiger partial charge is 0.396 e. The Balaban J connectivity index is 0.000000318. The van der Waals surface area contributed by atoms with Crippen molar-refractivity contribution in [1.82, 2.24) is 0 Å². The quantitative estimate of drug-likeness (QED) is 0.500. The maximum atomic E-state index is 8.49. The van der Waals surface area contributed by atoms with Crippen molar-refractivity contribution in [1.29, 1.82) is 0 Å². The van der Waals surface area contributed by atoms with E-state index in [2.05, 4.69) is 30.7 Å². The van der Waals surface area contributed by atoms with Gasteiger partial charge in [0.1, 0.15) is 0 Å². The molecule has 0 heterocycles. The fraction of sp³-hybridized carbons (Fsp3) is 0.429. The zero-order chi connectivity index (χ0) is 10.8. The molecule has 90 valence electrons. The van der Waals surface area contributed by atoms with Crippen LogP contribution in [0.15, 0.2) is 36.4 Å². The van der Waals surface area contributed by atoms with Gasteiger partial charge in [-0.3, -0.25) is 0 Å². The zero-order valence-electron chi connectivity index (χ0n) is 9.58. The van der Waals surface area contributed by atoms with E-state index in [1.807, 2.05) is 12.1 Å². The predicted octanol–water partition coefficient (Wildman–Crippen LogP) is 3.26. The van der Waals surface area contributed by atoms with Crippen molar-refractivity contribution >= 4 is 0 Å². The maximum absolute atomic E-state index is 8.49. The third kappa shape index (κ3) is 7.70. The number of allylic oxidation sites excluding steroid dienone is 2. The van der Waals surface area contributed by atoms with Crippen LogP contribution in [-0.2, 0) is 23.5 Å². The summed E-state index contributed by atoms with van der Waals surface area (Å²) < 4.78 is 0. The van der Waals surface area contributed by atoms with Crippen molar-refractivity contribution in [2.24, 2.45) is 0 Å². The molecule has 1 nitrogen and oxygen atoms in total. The molecular formula is C14H20FeO. The van der Waals surface area contributed by atoms with Crippen LogP contribution in [0.5, 0.6) is 0 Å². The summed E-state index contributed by atoms with van der Waals surface area (Å²) in [7, 11) is 0. The number of hydrogen-bond donors (Lipinski definition) is 1. The van der Waals surface area contributed by atoms with Gasteiger partial charge in [-0.05, 0) is 12.8 Å². The molecule has 1 aliphatic rings. The summed E-state index contributed by atoms with van der Waals surface area (Å²) in [6, 6.07) is 8.34. The van der Waals surface area contributed by atoms with E-state index in [1.54, 1.807) is 0 Å². The van der Waals surface area contributed by atoms with E-state index in [0.717, 1.165) is 19.3 Å². The van der Waals surface area contributed by atoms with E-state index in [4.69, 9.17) is 5.11 Å². The number of aliphatic hydroxyl groups excluding tert-OH is 1. The summed E-state index contributed by atoms with van der Waals surface area (Å²) in [4.78, 5) is 0. The molecule has 1 aromatic rings. The monoisotopic (exact) mass is 260 g/mol. The van der Waals surface area contributed by atoms with E-state index >= 15 is 0 Å². The normalized spacial score (nSPS) is 12.3. The summed E-state index contributed by atoms with van der Waals surface area (Å²) in [6.45, 7) is 0.320. The zero-order valence-corrected chi connectivity index (χ0v) is 10.7. The van der Waals surface area contributed by atoms with Gasteiger partial charge in [0.2, 0.25) is 0 Å². The molecule has 0 saturated carbocycles. The summed E-state index contributed by atoms with van der Waals surface area (Å²) in [5.74, 6) is 0. The molecular weight excluding hydrogens is 240 g/mol. The second kappa shape index (κ2) is 10.9. The van der Waals surface area contributed by atoms with Crippen LogP contribution >= 0.6 is 0 Å². The van der Waals surface area contributed by atoms with Crippen LogP contribution in [0.25, 0.3) is 0 Å². The third-order valence-electron chi connectivity index (χ3n) is 2.38. The van der Waals surface area contributed by atoms with E-state index in [9.17, 15) is 0 Å². The van der Waals surface area contributed by atoms with Crippen molar-refractivity contribution in [3.63, 3.8) is 0 Å². The van der Waals surface area contributed by atoms with Gasteiger partial charge in [0, 0.05) is 6.61 Å². The van der Waals surface area contributed by atoms with Gasteiger partial charge in [-0.1, -0.05) is 6.42 Å². The molecule has 0 fully saturated rings. The van der Waals surface area contributed by atoms with Crippen LogP contribution in [0.4, 0.5) is 0 Å². The van der Waals surface area contributed by atoms with E-state index in [-0.39, 0.29) is 17.1 Å². The fourth-order valence-electron chi connectivity index (χ4n) is 1.50. The molecule has 0 bridgehead atoms. The van der Waals surface area contributed by atoms with Gasteiger partial charge >= 0.3 is 17.1 Å². The van der Waals surface area contributed by atoms with Crippen molar-refractivity contribution in [2.45, 2.75) is 32.1 Å². The Hall–Kier alpha value is -0.561. The molecule has 1 aliphatic carbocycles. The number of rotatable bonds is 4. The average Bonchev–Trinajstić information content (AvgIpc) is 2.94. The molecule has 0 spiro atoms. The molecule has 1 N–H and O–H groups in total. The molecule has 1 aromatic carbocycles. The van der Waals surface area contributed by atoms with Crippen molar-refractivity contribution in [2.75, 3.05) is 6.61 Å². The number of aliphatic hydroxyl groups is 1. The van der Waals surface area contributed by atoms with Gasteiger partial charge in [0.15, 0.2) is 0 Å². The number of aryl methyl sites for hydroxylation is 1. The first-order valence-electron chi connectivity index (χ1n) is 5.73. The maximum Gasteiger partial charge on any atom is 2.00 e. The second-order valence-corrected chi connectivity index (χ2v) is 3.72. The molecule has 0 atom stereocenters. The molecule has 0 aromatic heterocycles. The molecule has 2 rings (SSSR count). The minimum atomic E-state index is 0. The van der Waals surface area contributed by atoms with Gasteiger partial charge in [0.05, 0.1) is 0 Å². The van der Waals surface area contributed by atoms with Gasteiger partial charge in [-0.15, -0.1) is 12.8 Å². The summed E-state index contributed by atoms with van der Waals surface area (Å²) in [5.41, 5.74) is 1.38. The van der Waals surface area contributed by atoms with Crippen LogP contribution < -0.4 is 0 Å². The summed E-state index contributed by atoms with van der Waals surface area (Å²) in [5, 5.41) is 8.49. The van der Waals surface area contributed by atoms with Crippen LogP contribution in [-0.4, -0.2) is 11.7 Å². The molecule has 0 radical (unpaired) electrons. The molecule has 0 aliphatic heterocycles. The van der Waals surface area contributed by atoms with Crippen molar-refractivity contribution in [3.05, 3.63) is 48.4 Å². The van der Waals surface area contributed by atoms with Crippen molar-refractivity contribution < 1.29 is 22.2 Å². The molecule has 2 heteroatoms. The topological polar surface area (TPSA) is 20.2 Å². The van der Waals surface area contributed by atoms with E-state index in [1.165, 1.54) is 18.4 Å². The summed E-state index contributed by atoms with van der Waals surface area (Å²) in [6.07, 6.45) is 12.1. The Morgan fingerprint density at radius 2 is 2.19 bits per heavy atom. The SMILES string of the molecule is C1=CCC[CH-]1.OCCCCc1ccc[cH-]1.[Fe+2]. The largest absolute Gasteiger partial charge is 2.00 e. The van der Waals surface area contributed by atoms with E-state index in [0.29, 0.717) is 6.61 Å². The van der Waals surface area contributed by atoms with Gasteiger partial charge in [-0.2, -0.15) is 17.7 Å². The molecule has 0 unspecified atom stereocenters. The second-order valence-electron chi connectivity index (χ2n) is 3.72. The van der Waals surface area contributed by atoms with Gasteiger partial charge < -0.3 is 5.11 Å². The van der Waals surface area contributed by atoms with Crippen LogP contribution in [0, 0.1) is 6.42 Å². The number of hydrogen-bond acceptors (Lipinski definition) is 1. The minimum absolute atomic E-state index is 0. The first-order valence-corrected chi connectivity index (χ1v) is 5.73. The fourth-order valence-corrected chi connectivity index (χ4v) is 1.50.